The average molecular weight is 111 g/mol. The summed E-state index contributed by atoms with van der Waals surface area (Å²) in [5.41, 5.74) is -0.0278. The largest absolute Gasteiger partial charge is 0.305 e. The number of piperidine rings is 1. The molecule has 1 saturated heterocycles. The predicted octanol–water partition coefficient (Wildman–Crippen LogP) is -0.0627. The van der Waals surface area contributed by atoms with E-state index in [1.807, 2.05) is 0 Å². The fourth-order valence-electron chi connectivity index (χ4n) is 1.59. The number of nitrogens with one attached hydrogen (secondary N) is 1. The van der Waals surface area contributed by atoms with Crippen LogP contribution in [0.4, 0.5) is 0 Å². The van der Waals surface area contributed by atoms with Crippen molar-refractivity contribution in [2.24, 2.45) is 5.92 Å². The first kappa shape index (κ1) is 4.50. The topological polar surface area (TPSA) is 29.1 Å². The van der Waals surface area contributed by atoms with Crippen molar-refractivity contribution in [3.8, 4) is 0 Å². The Bertz CT molecular complexity index is 134. The minimum absolute atomic E-state index is 0.0278. The summed E-state index contributed by atoms with van der Waals surface area (Å²) in [5, 5.41) is 3.19. The SMILES string of the molecule is O=CC12CC1CCN2. The molecule has 0 bridgehead atoms. The van der Waals surface area contributed by atoms with Crippen LogP contribution in [-0.2, 0) is 4.79 Å². The summed E-state index contributed by atoms with van der Waals surface area (Å²) in [6, 6.07) is 0. The summed E-state index contributed by atoms with van der Waals surface area (Å²) in [5.74, 6) is 0.694. The van der Waals surface area contributed by atoms with E-state index in [-0.39, 0.29) is 5.54 Å². The van der Waals surface area contributed by atoms with Crippen molar-refractivity contribution in [1.29, 1.82) is 0 Å². The maximum atomic E-state index is 10.3. The summed E-state index contributed by atoms with van der Waals surface area (Å²) >= 11 is 0. The molecule has 2 aliphatic rings. The summed E-state index contributed by atoms with van der Waals surface area (Å²) in [6.07, 6.45) is 3.37. The molecule has 2 rings (SSSR count). The predicted molar refractivity (Wildman–Crippen MR) is 29.5 cm³/mol. The Kier molecular flexibility index (Phi) is 0.637. The van der Waals surface area contributed by atoms with Gasteiger partial charge in [-0.05, 0) is 25.3 Å². The monoisotopic (exact) mass is 111 g/mol. The molecule has 44 valence electrons. The summed E-state index contributed by atoms with van der Waals surface area (Å²) < 4.78 is 0. The Hall–Kier alpha value is -0.370. The molecule has 0 aromatic heterocycles. The van der Waals surface area contributed by atoms with E-state index in [1.54, 1.807) is 0 Å². The van der Waals surface area contributed by atoms with Gasteiger partial charge in [-0.2, -0.15) is 0 Å². The quantitative estimate of drug-likeness (QED) is 0.480. The molecule has 1 heterocycles. The van der Waals surface area contributed by atoms with Gasteiger partial charge in [0.25, 0.3) is 0 Å². The van der Waals surface area contributed by atoms with Crippen molar-refractivity contribution in [2.75, 3.05) is 6.54 Å². The number of carbonyl (C=O) groups excluding carboxylic acids is 1. The van der Waals surface area contributed by atoms with Crippen molar-refractivity contribution in [3.63, 3.8) is 0 Å². The lowest BCUT2D eigenvalue weighted by atomic mass is 10.2. The first-order chi connectivity index (χ1) is 3.87. The zero-order valence-corrected chi connectivity index (χ0v) is 4.68. The Labute approximate surface area is 48.3 Å². The molecule has 0 aromatic carbocycles. The standard InChI is InChI=1S/C6H9NO/c8-4-6-3-5(6)1-2-7-6/h4-5,7H,1-3H2. The van der Waals surface area contributed by atoms with Gasteiger partial charge in [0, 0.05) is 0 Å². The van der Waals surface area contributed by atoms with Crippen LogP contribution >= 0.6 is 0 Å². The minimum Gasteiger partial charge on any atom is -0.305 e. The molecular weight excluding hydrogens is 102 g/mol. The first-order valence-electron chi connectivity index (χ1n) is 3.09. The van der Waals surface area contributed by atoms with E-state index < -0.39 is 0 Å². The van der Waals surface area contributed by atoms with E-state index in [4.69, 9.17) is 0 Å². The lowest BCUT2D eigenvalue weighted by Gasteiger charge is -1.99. The van der Waals surface area contributed by atoms with Gasteiger partial charge in [0.05, 0.1) is 5.54 Å². The summed E-state index contributed by atoms with van der Waals surface area (Å²) in [6.45, 7) is 1.05. The molecule has 1 aliphatic heterocycles. The van der Waals surface area contributed by atoms with Gasteiger partial charge in [-0.3, -0.25) is 0 Å². The van der Waals surface area contributed by atoms with Gasteiger partial charge in [0.2, 0.25) is 0 Å². The number of rotatable bonds is 1. The van der Waals surface area contributed by atoms with Crippen molar-refractivity contribution >= 4 is 6.29 Å². The zero-order chi connectivity index (χ0) is 5.61. The molecule has 2 heteroatoms. The van der Waals surface area contributed by atoms with E-state index in [2.05, 4.69) is 5.32 Å². The average Bonchev–Trinajstić information content (AvgIpc) is 2.38. The number of fused-ring (bicyclic) bond motifs is 1. The summed E-state index contributed by atoms with van der Waals surface area (Å²) in [7, 11) is 0. The third-order valence-electron chi connectivity index (χ3n) is 2.31. The van der Waals surface area contributed by atoms with Crippen LogP contribution in [0.25, 0.3) is 0 Å². The lowest BCUT2D eigenvalue weighted by molar-refractivity contribution is -0.110. The van der Waals surface area contributed by atoms with Gasteiger partial charge >= 0.3 is 0 Å². The fraction of sp³-hybridized carbons (Fsp3) is 0.833. The second-order valence-electron chi connectivity index (χ2n) is 2.77. The third kappa shape index (κ3) is 0.348. The number of hydrogen-bond acceptors (Lipinski definition) is 2. The van der Waals surface area contributed by atoms with Crippen LogP contribution in [0.3, 0.4) is 0 Å². The van der Waals surface area contributed by atoms with Gasteiger partial charge in [-0.15, -0.1) is 0 Å². The van der Waals surface area contributed by atoms with E-state index in [0.29, 0.717) is 5.92 Å². The van der Waals surface area contributed by atoms with E-state index in [1.165, 1.54) is 6.42 Å². The maximum Gasteiger partial charge on any atom is 0.140 e. The second-order valence-corrected chi connectivity index (χ2v) is 2.77. The summed E-state index contributed by atoms with van der Waals surface area (Å²) in [4.78, 5) is 10.3. The molecule has 2 atom stereocenters. The highest BCUT2D eigenvalue weighted by molar-refractivity contribution is 5.71. The number of aldehydes is 1. The van der Waals surface area contributed by atoms with E-state index in [9.17, 15) is 4.79 Å². The van der Waals surface area contributed by atoms with Gasteiger partial charge in [-0.1, -0.05) is 0 Å². The Morgan fingerprint density at radius 2 is 2.62 bits per heavy atom. The van der Waals surface area contributed by atoms with Gasteiger partial charge in [0.15, 0.2) is 0 Å². The van der Waals surface area contributed by atoms with Gasteiger partial charge < -0.3 is 10.1 Å². The normalized spacial score (nSPS) is 50.8. The van der Waals surface area contributed by atoms with Crippen LogP contribution in [0.15, 0.2) is 0 Å². The highest BCUT2D eigenvalue weighted by atomic mass is 16.1. The molecule has 0 amide bonds. The molecule has 1 aliphatic carbocycles. The molecular formula is C6H9NO. The lowest BCUT2D eigenvalue weighted by Crippen LogP contribution is -2.29. The first-order valence-corrected chi connectivity index (χ1v) is 3.09. The number of carbonyl (C=O) groups is 1. The molecule has 2 unspecified atom stereocenters. The minimum atomic E-state index is -0.0278. The van der Waals surface area contributed by atoms with Crippen LogP contribution in [-0.4, -0.2) is 18.4 Å². The van der Waals surface area contributed by atoms with Gasteiger partial charge in [0.1, 0.15) is 6.29 Å². The highest BCUT2D eigenvalue weighted by Crippen LogP contribution is 2.47. The molecule has 1 N–H and O–H groups in total. The molecule has 0 spiro atoms. The van der Waals surface area contributed by atoms with Crippen molar-refractivity contribution < 1.29 is 4.79 Å². The molecule has 1 saturated carbocycles. The maximum absolute atomic E-state index is 10.3. The van der Waals surface area contributed by atoms with Crippen molar-refractivity contribution in [2.45, 2.75) is 18.4 Å². The molecule has 2 fully saturated rings. The van der Waals surface area contributed by atoms with Crippen molar-refractivity contribution in [1.82, 2.24) is 5.32 Å². The zero-order valence-electron chi connectivity index (χ0n) is 4.68. The highest BCUT2D eigenvalue weighted by Gasteiger charge is 2.57. The molecule has 0 aromatic rings. The Morgan fingerprint density at radius 1 is 1.75 bits per heavy atom. The second kappa shape index (κ2) is 1.13. The van der Waals surface area contributed by atoms with Crippen LogP contribution in [0.2, 0.25) is 0 Å². The van der Waals surface area contributed by atoms with Gasteiger partial charge in [-0.25, -0.2) is 0 Å². The molecule has 0 radical (unpaired) electrons. The smallest absolute Gasteiger partial charge is 0.140 e. The molecule has 2 nitrogen and oxygen atoms in total. The van der Waals surface area contributed by atoms with Crippen LogP contribution in [0.5, 0.6) is 0 Å². The van der Waals surface area contributed by atoms with Crippen LogP contribution in [0, 0.1) is 5.92 Å². The van der Waals surface area contributed by atoms with Crippen LogP contribution in [0.1, 0.15) is 12.8 Å². The third-order valence-corrected chi connectivity index (χ3v) is 2.31. The van der Waals surface area contributed by atoms with E-state index >= 15 is 0 Å². The Balaban J connectivity index is 2.18. The Morgan fingerprint density at radius 3 is 2.88 bits per heavy atom. The number of hydrogen-bond donors (Lipinski definition) is 1. The van der Waals surface area contributed by atoms with Crippen LogP contribution < -0.4 is 5.32 Å². The van der Waals surface area contributed by atoms with Crippen molar-refractivity contribution in [3.05, 3.63) is 0 Å². The van der Waals surface area contributed by atoms with E-state index in [0.717, 1.165) is 19.3 Å². The fourth-order valence-corrected chi connectivity index (χ4v) is 1.59. The molecule has 8 heavy (non-hydrogen) atoms.